The molecule has 0 aliphatic heterocycles. The number of nitrogens with zero attached hydrogens (tertiary/aromatic N) is 2. The molecule has 6 heteroatoms. The van der Waals surface area contributed by atoms with E-state index in [2.05, 4.69) is 0 Å². The van der Waals surface area contributed by atoms with Gasteiger partial charge in [-0.1, -0.05) is 12.1 Å². The zero-order valence-electron chi connectivity index (χ0n) is 17.2. The number of likely N-dealkylation sites (N-methyl/N-ethyl adjacent to an activating group) is 1. The molecule has 0 saturated carbocycles. The van der Waals surface area contributed by atoms with E-state index in [0.717, 1.165) is 22.1 Å². The Labute approximate surface area is 161 Å². The summed E-state index contributed by atoms with van der Waals surface area (Å²) >= 11 is 0. The van der Waals surface area contributed by atoms with Gasteiger partial charge in [-0.2, -0.15) is 0 Å². The van der Waals surface area contributed by atoms with E-state index in [0.29, 0.717) is 13.1 Å². The van der Waals surface area contributed by atoms with Gasteiger partial charge in [0, 0.05) is 24.0 Å². The zero-order chi connectivity index (χ0) is 20.2. The second-order valence-corrected chi connectivity index (χ2v) is 8.14. The highest BCUT2D eigenvalue weighted by Crippen LogP contribution is 2.23. The lowest BCUT2D eigenvalue weighted by Crippen LogP contribution is -2.42. The van der Waals surface area contributed by atoms with Gasteiger partial charge in [0.05, 0.1) is 12.7 Å². The number of rotatable bonds is 7. The van der Waals surface area contributed by atoms with Gasteiger partial charge >= 0.3 is 5.97 Å². The van der Waals surface area contributed by atoms with E-state index in [1.54, 1.807) is 11.2 Å². The van der Waals surface area contributed by atoms with Gasteiger partial charge in [0.1, 0.15) is 17.7 Å². The topological polar surface area (TPSA) is 63.0 Å². The molecule has 148 valence electrons. The average molecular weight is 374 g/mol. The number of benzene rings is 1. The van der Waals surface area contributed by atoms with E-state index in [4.69, 9.17) is 9.15 Å². The Morgan fingerprint density at radius 1 is 1.15 bits per heavy atom. The third kappa shape index (κ3) is 6.40. The monoisotopic (exact) mass is 374 g/mol. The largest absolute Gasteiger partial charge is 0.464 e. The number of hydrogen-bond acceptors (Lipinski definition) is 5. The first-order chi connectivity index (χ1) is 12.5. The Balaban J connectivity index is 2.12. The lowest BCUT2D eigenvalue weighted by atomic mass is 10.1. The van der Waals surface area contributed by atoms with Crippen LogP contribution in [-0.4, -0.2) is 61.0 Å². The highest BCUT2D eigenvalue weighted by molar-refractivity contribution is 5.89. The third-order valence-electron chi connectivity index (χ3n) is 4.06. The first kappa shape index (κ1) is 21.0. The molecular formula is C21H30N2O4. The van der Waals surface area contributed by atoms with Crippen molar-refractivity contribution in [3.63, 3.8) is 0 Å². The Morgan fingerprint density at radius 2 is 1.85 bits per heavy atom. The fraction of sp³-hybridized carbons (Fsp3) is 0.524. The van der Waals surface area contributed by atoms with Crippen molar-refractivity contribution in [3.05, 3.63) is 35.6 Å². The molecule has 2 rings (SSSR count). The minimum atomic E-state index is -0.577. The lowest BCUT2D eigenvalue weighted by Gasteiger charge is -2.26. The number of esters is 1. The van der Waals surface area contributed by atoms with Crippen LogP contribution in [0.3, 0.4) is 0 Å². The van der Waals surface area contributed by atoms with Gasteiger partial charge < -0.3 is 19.0 Å². The molecule has 0 aliphatic carbocycles. The molecule has 0 unspecified atom stereocenters. The first-order valence-electron chi connectivity index (χ1n) is 9.16. The van der Waals surface area contributed by atoms with Gasteiger partial charge in [0.15, 0.2) is 0 Å². The molecule has 1 heterocycles. The van der Waals surface area contributed by atoms with Crippen LogP contribution in [0.1, 0.15) is 31.9 Å². The summed E-state index contributed by atoms with van der Waals surface area (Å²) in [5.74, 6) is -0.520. The van der Waals surface area contributed by atoms with Gasteiger partial charge in [0.25, 0.3) is 0 Å². The molecule has 6 nitrogen and oxygen atoms in total. The zero-order valence-corrected chi connectivity index (χ0v) is 17.2. The molecule has 0 N–H and O–H groups in total. The predicted octanol–water partition coefficient (Wildman–Crippen LogP) is 3.02. The molecule has 0 bridgehead atoms. The number of amides is 1. The summed E-state index contributed by atoms with van der Waals surface area (Å²) < 4.78 is 11.0. The quantitative estimate of drug-likeness (QED) is 0.697. The molecule has 1 aromatic carbocycles. The van der Waals surface area contributed by atoms with E-state index in [1.807, 2.05) is 64.9 Å². The van der Waals surface area contributed by atoms with Crippen LogP contribution in [0, 0.1) is 6.92 Å². The Bertz CT molecular complexity index is 802. The lowest BCUT2D eigenvalue weighted by molar-refractivity contribution is -0.158. The fourth-order valence-corrected chi connectivity index (χ4v) is 2.74. The molecule has 0 fully saturated rings. The van der Waals surface area contributed by atoms with Crippen molar-refractivity contribution in [1.29, 1.82) is 0 Å². The maximum atomic E-state index is 12.9. The Hall–Kier alpha value is -2.34. The van der Waals surface area contributed by atoms with Gasteiger partial charge in [-0.3, -0.25) is 9.59 Å². The summed E-state index contributed by atoms with van der Waals surface area (Å²) in [5, 5.41) is 0.929. The summed E-state index contributed by atoms with van der Waals surface area (Å²) in [6.45, 7) is 8.51. The second kappa shape index (κ2) is 8.57. The number of carbonyl (C=O) groups is 2. The Morgan fingerprint density at radius 3 is 2.48 bits per heavy atom. The predicted molar refractivity (Wildman–Crippen MR) is 106 cm³/mol. The van der Waals surface area contributed by atoms with Crippen LogP contribution in [-0.2, 0) is 20.7 Å². The van der Waals surface area contributed by atoms with Gasteiger partial charge in [0.2, 0.25) is 5.91 Å². The highest BCUT2D eigenvalue weighted by Gasteiger charge is 2.23. The maximum Gasteiger partial charge on any atom is 0.326 e. The summed E-state index contributed by atoms with van der Waals surface area (Å²) in [5.41, 5.74) is 2.12. The number of ether oxygens (including phenoxy) is 1. The number of hydrogen-bond donors (Lipinski definition) is 0. The van der Waals surface area contributed by atoms with Crippen molar-refractivity contribution < 1.29 is 18.7 Å². The van der Waals surface area contributed by atoms with Gasteiger partial charge in [-0.25, -0.2) is 0 Å². The van der Waals surface area contributed by atoms with Crippen molar-refractivity contribution in [2.75, 3.05) is 33.7 Å². The minimum Gasteiger partial charge on any atom is -0.464 e. The van der Waals surface area contributed by atoms with E-state index < -0.39 is 11.6 Å². The molecule has 0 atom stereocenters. The normalized spacial score (nSPS) is 11.8. The van der Waals surface area contributed by atoms with E-state index in [9.17, 15) is 9.59 Å². The summed E-state index contributed by atoms with van der Waals surface area (Å²) in [6.07, 6.45) is 1.81. The van der Waals surface area contributed by atoms with Crippen LogP contribution in [0.25, 0.3) is 11.0 Å². The molecule has 0 radical (unpaired) electrons. The summed E-state index contributed by atoms with van der Waals surface area (Å²) in [6, 6.07) is 5.92. The van der Waals surface area contributed by atoms with Crippen LogP contribution in [0.2, 0.25) is 0 Å². The van der Waals surface area contributed by atoms with Crippen molar-refractivity contribution in [1.82, 2.24) is 9.80 Å². The van der Waals surface area contributed by atoms with E-state index in [1.165, 1.54) is 0 Å². The van der Waals surface area contributed by atoms with Crippen LogP contribution in [0.15, 0.2) is 28.9 Å². The Kier molecular flexibility index (Phi) is 6.65. The maximum absolute atomic E-state index is 12.9. The van der Waals surface area contributed by atoms with Crippen molar-refractivity contribution >= 4 is 22.8 Å². The summed E-state index contributed by atoms with van der Waals surface area (Å²) in [7, 11) is 3.87. The van der Waals surface area contributed by atoms with E-state index >= 15 is 0 Å². The SMILES string of the molecule is Cc1ccc2c(CC(=O)N(CCN(C)C)CC(=O)OC(C)(C)C)coc2c1. The van der Waals surface area contributed by atoms with Gasteiger partial charge in [-0.15, -0.1) is 0 Å². The first-order valence-corrected chi connectivity index (χ1v) is 9.16. The molecule has 1 amide bonds. The molecule has 0 saturated heterocycles. The van der Waals surface area contributed by atoms with Crippen LogP contribution in [0.5, 0.6) is 0 Å². The molecular weight excluding hydrogens is 344 g/mol. The minimum absolute atomic E-state index is 0.0567. The number of carbonyl (C=O) groups excluding carboxylic acids is 2. The molecule has 2 aromatic rings. The van der Waals surface area contributed by atoms with Gasteiger partial charge in [-0.05, 0) is 53.4 Å². The number of aryl methyl sites for hydroxylation is 1. The number of furan rings is 1. The second-order valence-electron chi connectivity index (χ2n) is 8.14. The standard InChI is InChI=1S/C21H30N2O4/c1-15-7-8-17-16(14-26-18(17)11-15)12-19(24)23(10-9-22(5)6)13-20(25)27-21(2,3)4/h7-8,11,14H,9-10,12-13H2,1-6H3. The van der Waals surface area contributed by atoms with Crippen molar-refractivity contribution in [2.24, 2.45) is 0 Å². The molecule has 1 aromatic heterocycles. The van der Waals surface area contributed by atoms with Crippen molar-refractivity contribution in [2.45, 2.75) is 39.7 Å². The third-order valence-corrected chi connectivity index (χ3v) is 4.06. The molecule has 27 heavy (non-hydrogen) atoms. The van der Waals surface area contributed by atoms with Crippen LogP contribution in [0.4, 0.5) is 0 Å². The molecule has 0 spiro atoms. The van der Waals surface area contributed by atoms with Crippen LogP contribution >= 0.6 is 0 Å². The number of fused-ring (bicyclic) bond motifs is 1. The highest BCUT2D eigenvalue weighted by atomic mass is 16.6. The molecule has 0 aliphatic rings. The summed E-state index contributed by atoms with van der Waals surface area (Å²) in [4.78, 5) is 28.6. The fourth-order valence-electron chi connectivity index (χ4n) is 2.74. The van der Waals surface area contributed by atoms with Crippen molar-refractivity contribution in [3.8, 4) is 0 Å². The van der Waals surface area contributed by atoms with E-state index in [-0.39, 0.29) is 18.9 Å². The smallest absolute Gasteiger partial charge is 0.326 e. The van der Waals surface area contributed by atoms with Crippen LogP contribution < -0.4 is 0 Å². The average Bonchev–Trinajstić information content (AvgIpc) is 2.91.